The fourth-order valence-electron chi connectivity index (χ4n) is 6.43. The van der Waals surface area contributed by atoms with Crippen LogP contribution in [-0.2, 0) is 23.9 Å². The first-order valence-corrected chi connectivity index (χ1v) is 12.2. The minimum atomic E-state index is -1.06. The molecule has 2 amide bonds. The van der Waals surface area contributed by atoms with Crippen molar-refractivity contribution in [3.63, 3.8) is 0 Å². The Hall–Kier alpha value is -3.72. The number of hydrogen-bond acceptors (Lipinski definition) is 7. The van der Waals surface area contributed by atoms with Crippen molar-refractivity contribution in [3.8, 4) is 0 Å². The molecule has 1 N–H and O–H groups in total. The number of carbonyl (C=O) groups excluding carboxylic acids is 4. The van der Waals surface area contributed by atoms with Gasteiger partial charge in [-0.3, -0.25) is 14.4 Å². The largest absolute Gasteiger partial charge is 0.467 e. The highest BCUT2D eigenvalue weighted by atomic mass is 16.5. The smallest absolute Gasteiger partial charge is 0.338 e. The molecule has 186 valence electrons. The summed E-state index contributed by atoms with van der Waals surface area (Å²) in [5, 5.41) is 2.86. The highest BCUT2D eigenvalue weighted by Crippen LogP contribution is 2.60. The van der Waals surface area contributed by atoms with Crippen molar-refractivity contribution < 1.29 is 33.1 Å². The molecule has 36 heavy (non-hydrogen) atoms. The Kier molecular flexibility index (Phi) is 5.15. The summed E-state index contributed by atoms with van der Waals surface area (Å²) in [6, 6.07) is 8.91. The van der Waals surface area contributed by atoms with Gasteiger partial charge >= 0.3 is 5.97 Å². The molecule has 6 rings (SSSR count). The van der Waals surface area contributed by atoms with Crippen LogP contribution in [0.25, 0.3) is 0 Å². The van der Waals surface area contributed by atoms with Crippen molar-refractivity contribution in [1.29, 1.82) is 0 Å². The maximum absolute atomic E-state index is 14.0. The van der Waals surface area contributed by atoms with E-state index in [1.807, 2.05) is 19.1 Å². The Morgan fingerprint density at radius 3 is 2.81 bits per heavy atom. The highest BCUT2D eigenvalue weighted by Gasteiger charge is 2.74. The van der Waals surface area contributed by atoms with Gasteiger partial charge < -0.3 is 24.1 Å². The number of benzene rings is 1. The summed E-state index contributed by atoms with van der Waals surface area (Å²) in [7, 11) is 0. The van der Waals surface area contributed by atoms with Crippen molar-refractivity contribution in [2.24, 2.45) is 17.8 Å². The lowest BCUT2D eigenvalue weighted by Gasteiger charge is -2.43. The number of anilines is 1. The molecule has 2 bridgehead atoms. The second kappa shape index (κ2) is 8.16. The first kappa shape index (κ1) is 22.7. The SMILES string of the molecule is CCOC(=O)c1cccc(NC(=O)[C@H]2[C@H]3C=C[C@]4(O3)[C@H]2C(=O)N2[C@H](c3ccco3)CC(=O)[C@@H](C)[C@@H]24)c1. The fourth-order valence-corrected chi connectivity index (χ4v) is 6.43. The van der Waals surface area contributed by atoms with Crippen molar-refractivity contribution in [3.05, 3.63) is 66.1 Å². The van der Waals surface area contributed by atoms with E-state index in [9.17, 15) is 19.2 Å². The molecule has 3 fully saturated rings. The molecule has 7 atom stereocenters. The van der Waals surface area contributed by atoms with Crippen LogP contribution < -0.4 is 5.32 Å². The normalized spacial score (nSPS) is 34.0. The molecule has 4 aliphatic rings. The van der Waals surface area contributed by atoms with E-state index >= 15 is 0 Å². The lowest BCUT2D eigenvalue weighted by atomic mass is 9.70. The standard InChI is InChI=1S/C27H26N2O7/c1-3-34-26(33)15-6-4-7-16(12-15)28-24(31)21-20-9-10-27(36-20)22(21)25(32)29-17(19-8-5-11-35-19)13-18(30)14(2)23(27)29/h4-12,14,17,20-23H,3,13H2,1-2H3,(H,28,31)/t14-,17+,20-,21+,22-,23-,27+/m1/s1. The van der Waals surface area contributed by atoms with Crippen molar-refractivity contribution in [2.75, 3.05) is 11.9 Å². The number of ether oxygens (including phenoxy) is 2. The number of furan rings is 1. The number of piperidine rings is 1. The van der Waals surface area contributed by atoms with Gasteiger partial charge in [-0.05, 0) is 37.3 Å². The lowest BCUT2D eigenvalue weighted by Crippen LogP contribution is -2.55. The maximum atomic E-state index is 14.0. The predicted octanol–water partition coefficient (Wildman–Crippen LogP) is 2.90. The van der Waals surface area contributed by atoms with Crippen LogP contribution in [0, 0.1) is 17.8 Å². The third-order valence-electron chi connectivity index (χ3n) is 7.90. The number of nitrogens with zero attached hydrogens (tertiary/aromatic N) is 1. The lowest BCUT2D eigenvalue weighted by molar-refractivity contribution is -0.147. The third kappa shape index (κ3) is 3.12. The van der Waals surface area contributed by atoms with E-state index in [2.05, 4.69) is 5.32 Å². The van der Waals surface area contributed by atoms with Gasteiger partial charge in [0.2, 0.25) is 11.8 Å². The van der Waals surface area contributed by atoms with E-state index in [0.29, 0.717) is 17.0 Å². The Bertz CT molecular complexity index is 1280. The molecule has 1 aromatic carbocycles. The zero-order valence-electron chi connectivity index (χ0n) is 19.9. The molecule has 5 heterocycles. The first-order chi connectivity index (χ1) is 17.4. The molecule has 9 nitrogen and oxygen atoms in total. The van der Waals surface area contributed by atoms with Crippen LogP contribution in [0.4, 0.5) is 5.69 Å². The Labute approximate surface area is 207 Å². The zero-order valence-corrected chi connectivity index (χ0v) is 19.9. The van der Waals surface area contributed by atoms with Gasteiger partial charge in [0.1, 0.15) is 17.1 Å². The van der Waals surface area contributed by atoms with E-state index in [-0.39, 0.29) is 30.6 Å². The summed E-state index contributed by atoms with van der Waals surface area (Å²) < 4.78 is 17.0. The second-order valence-corrected chi connectivity index (χ2v) is 9.77. The van der Waals surface area contributed by atoms with Gasteiger partial charge in [0, 0.05) is 18.0 Å². The van der Waals surface area contributed by atoms with Crippen LogP contribution in [0.3, 0.4) is 0 Å². The zero-order chi connectivity index (χ0) is 25.2. The summed E-state index contributed by atoms with van der Waals surface area (Å²) in [5.74, 6) is -2.49. The van der Waals surface area contributed by atoms with E-state index in [1.165, 1.54) is 6.26 Å². The summed E-state index contributed by atoms with van der Waals surface area (Å²) in [4.78, 5) is 54.4. The van der Waals surface area contributed by atoms with E-state index < -0.39 is 47.5 Å². The van der Waals surface area contributed by atoms with Gasteiger partial charge in [0.15, 0.2) is 0 Å². The maximum Gasteiger partial charge on any atom is 0.338 e. The third-order valence-corrected chi connectivity index (χ3v) is 7.90. The average molecular weight is 491 g/mol. The molecular weight excluding hydrogens is 464 g/mol. The average Bonchev–Trinajstić information content (AvgIpc) is 3.64. The molecule has 1 aromatic heterocycles. The topological polar surface area (TPSA) is 115 Å². The van der Waals surface area contributed by atoms with Gasteiger partial charge in [-0.25, -0.2) is 4.79 Å². The van der Waals surface area contributed by atoms with Gasteiger partial charge in [-0.1, -0.05) is 25.1 Å². The van der Waals surface area contributed by atoms with E-state index in [0.717, 1.165) is 0 Å². The van der Waals surface area contributed by atoms with Crippen LogP contribution in [0.2, 0.25) is 0 Å². The molecule has 0 aliphatic carbocycles. The van der Waals surface area contributed by atoms with Crippen LogP contribution in [0.1, 0.15) is 42.4 Å². The first-order valence-electron chi connectivity index (χ1n) is 12.2. The molecule has 9 heteroatoms. The minimum Gasteiger partial charge on any atom is -0.467 e. The molecule has 1 spiro atoms. The van der Waals surface area contributed by atoms with Gasteiger partial charge in [-0.2, -0.15) is 0 Å². The fraction of sp³-hybridized carbons (Fsp3) is 0.407. The number of hydrogen-bond donors (Lipinski definition) is 1. The number of rotatable bonds is 5. The van der Waals surface area contributed by atoms with Crippen LogP contribution in [-0.4, -0.2) is 52.8 Å². The van der Waals surface area contributed by atoms with Gasteiger partial charge in [0.25, 0.3) is 0 Å². The highest BCUT2D eigenvalue weighted by molar-refractivity contribution is 6.01. The van der Waals surface area contributed by atoms with E-state index in [4.69, 9.17) is 13.9 Å². The second-order valence-electron chi connectivity index (χ2n) is 9.77. The number of carbonyl (C=O) groups is 4. The molecular formula is C27H26N2O7. The van der Waals surface area contributed by atoms with Gasteiger partial charge in [0.05, 0.1) is 48.5 Å². The molecule has 2 aromatic rings. The van der Waals surface area contributed by atoms with Crippen molar-refractivity contribution in [2.45, 2.75) is 44.1 Å². The quantitative estimate of drug-likeness (QED) is 0.506. The summed E-state index contributed by atoms with van der Waals surface area (Å²) >= 11 is 0. The minimum absolute atomic E-state index is 0.0320. The monoisotopic (exact) mass is 490 g/mol. The number of fused-ring (bicyclic) bond motifs is 2. The van der Waals surface area contributed by atoms with Crippen molar-refractivity contribution >= 4 is 29.3 Å². The molecule has 0 radical (unpaired) electrons. The van der Waals surface area contributed by atoms with Crippen LogP contribution in [0.5, 0.6) is 0 Å². The molecule has 0 unspecified atom stereocenters. The predicted molar refractivity (Wildman–Crippen MR) is 126 cm³/mol. The molecule has 0 saturated carbocycles. The molecule has 3 saturated heterocycles. The Balaban J connectivity index is 1.32. The van der Waals surface area contributed by atoms with E-state index in [1.54, 1.807) is 48.2 Å². The summed E-state index contributed by atoms with van der Waals surface area (Å²) in [6.07, 6.45) is 4.78. The number of amides is 2. The number of esters is 1. The Morgan fingerprint density at radius 2 is 2.06 bits per heavy atom. The van der Waals surface area contributed by atoms with Crippen LogP contribution in [0.15, 0.2) is 59.2 Å². The number of nitrogens with one attached hydrogen (secondary N) is 1. The number of Topliss-reactive ketones (excluding diaryl/α,β-unsaturated/α-hetero) is 1. The van der Waals surface area contributed by atoms with Gasteiger partial charge in [-0.15, -0.1) is 0 Å². The molecule has 4 aliphatic heterocycles. The van der Waals surface area contributed by atoms with Crippen molar-refractivity contribution in [1.82, 2.24) is 4.90 Å². The number of ketones is 1. The Morgan fingerprint density at radius 1 is 1.22 bits per heavy atom. The summed E-state index contributed by atoms with van der Waals surface area (Å²) in [6.45, 7) is 3.78. The summed E-state index contributed by atoms with van der Waals surface area (Å²) in [5.41, 5.74) is -0.318. The van der Waals surface area contributed by atoms with Crippen LogP contribution >= 0.6 is 0 Å².